The maximum atomic E-state index is 12.5. The van der Waals surface area contributed by atoms with Gasteiger partial charge in [-0.2, -0.15) is 8.42 Å². The highest BCUT2D eigenvalue weighted by molar-refractivity contribution is 7.92. The predicted molar refractivity (Wildman–Crippen MR) is 79.4 cm³/mol. The second kappa shape index (κ2) is 5.66. The van der Waals surface area contributed by atoms with Crippen molar-refractivity contribution < 1.29 is 8.42 Å². The number of benzene rings is 1. The van der Waals surface area contributed by atoms with Crippen LogP contribution in [0.2, 0.25) is 0 Å². The Morgan fingerprint density at radius 2 is 1.80 bits per heavy atom. The molecule has 0 bridgehead atoms. The minimum absolute atomic E-state index is 0.122. The first-order chi connectivity index (χ1) is 9.48. The molecular formula is C14H19N3O2S. The third kappa shape index (κ3) is 2.70. The third-order valence-corrected chi connectivity index (χ3v) is 4.98. The molecule has 1 aromatic carbocycles. The average molecular weight is 293 g/mol. The van der Waals surface area contributed by atoms with Gasteiger partial charge in [-0.3, -0.25) is 4.31 Å². The van der Waals surface area contributed by atoms with E-state index in [-0.39, 0.29) is 5.03 Å². The molecule has 6 heteroatoms. The van der Waals surface area contributed by atoms with E-state index in [1.807, 2.05) is 31.2 Å². The van der Waals surface area contributed by atoms with Gasteiger partial charge in [-0.05, 0) is 24.1 Å². The number of anilines is 1. The number of nitrogens with one attached hydrogen (secondary N) is 1. The van der Waals surface area contributed by atoms with E-state index >= 15 is 0 Å². The summed E-state index contributed by atoms with van der Waals surface area (Å²) in [6.07, 6.45) is 2.96. The Kier molecular flexibility index (Phi) is 4.13. The molecule has 2 rings (SSSR count). The summed E-state index contributed by atoms with van der Waals surface area (Å²) in [6, 6.07) is 7.50. The molecule has 0 aliphatic carbocycles. The standard InChI is InChI=1S/C14H19N3O2S/c1-4-11-6-8-12(9-7-11)17(3)20(18,19)14-10-15-13(5-2)16-14/h6-10H,4-5H2,1-3H3,(H,15,16). The fourth-order valence-corrected chi connectivity index (χ4v) is 3.01. The number of aromatic amines is 1. The lowest BCUT2D eigenvalue weighted by molar-refractivity contribution is 0.591. The summed E-state index contributed by atoms with van der Waals surface area (Å²) in [6.45, 7) is 3.98. The van der Waals surface area contributed by atoms with Crippen LogP contribution >= 0.6 is 0 Å². The van der Waals surface area contributed by atoms with Gasteiger partial charge in [0.15, 0.2) is 5.03 Å². The van der Waals surface area contributed by atoms with E-state index in [4.69, 9.17) is 0 Å². The van der Waals surface area contributed by atoms with Crippen LogP contribution in [0.5, 0.6) is 0 Å². The molecule has 1 heterocycles. The van der Waals surface area contributed by atoms with Crippen molar-refractivity contribution in [3.8, 4) is 0 Å². The monoisotopic (exact) mass is 293 g/mol. The highest BCUT2D eigenvalue weighted by atomic mass is 32.2. The van der Waals surface area contributed by atoms with Crippen LogP contribution in [0, 0.1) is 0 Å². The van der Waals surface area contributed by atoms with Crippen molar-refractivity contribution in [1.29, 1.82) is 0 Å². The van der Waals surface area contributed by atoms with E-state index in [1.165, 1.54) is 16.1 Å². The van der Waals surface area contributed by atoms with Crippen LogP contribution in [0.25, 0.3) is 0 Å². The SMILES string of the molecule is CCc1ccc(N(C)S(=O)(=O)c2cnc(CC)[nH]2)cc1. The smallest absolute Gasteiger partial charge is 0.281 e. The maximum Gasteiger partial charge on any atom is 0.281 e. The summed E-state index contributed by atoms with van der Waals surface area (Å²) in [7, 11) is -2.04. The van der Waals surface area contributed by atoms with E-state index in [1.54, 1.807) is 7.05 Å². The zero-order chi connectivity index (χ0) is 14.8. The molecule has 0 radical (unpaired) electrons. The zero-order valence-corrected chi connectivity index (χ0v) is 12.7. The summed E-state index contributed by atoms with van der Waals surface area (Å²) in [5.41, 5.74) is 1.81. The Bertz CT molecular complexity index is 675. The zero-order valence-electron chi connectivity index (χ0n) is 11.9. The fourth-order valence-electron chi connectivity index (χ4n) is 1.88. The first-order valence-corrected chi connectivity index (χ1v) is 8.04. The molecule has 1 aromatic heterocycles. The molecule has 0 atom stereocenters. The molecule has 20 heavy (non-hydrogen) atoms. The first kappa shape index (κ1) is 14.6. The number of nitrogens with zero attached hydrogens (tertiary/aromatic N) is 2. The van der Waals surface area contributed by atoms with Gasteiger partial charge in [0.25, 0.3) is 10.0 Å². The fraction of sp³-hybridized carbons (Fsp3) is 0.357. The van der Waals surface area contributed by atoms with Gasteiger partial charge < -0.3 is 4.98 Å². The lowest BCUT2D eigenvalue weighted by Gasteiger charge is -2.18. The van der Waals surface area contributed by atoms with Gasteiger partial charge in [-0.1, -0.05) is 26.0 Å². The lowest BCUT2D eigenvalue weighted by atomic mass is 10.1. The lowest BCUT2D eigenvalue weighted by Crippen LogP contribution is -2.26. The van der Waals surface area contributed by atoms with E-state index in [9.17, 15) is 8.42 Å². The first-order valence-electron chi connectivity index (χ1n) is 6.60. The number of hydrogen-bond donors (Lipinski definition) is 1. The molecule has 0 aliphatic heterocycles. The van der Waals surface area contributed by atoms with E-state index < -0.39 is 10.0 Å². The van der Waals surface area contributed by atoms with Gasteiger partial charge in [-0.25, -0.2) is 4.98 Å². The Balaban J connectivity index is 2.32. The number of rotatable bonds is 5. The Hall–Kier alpha value is -1.82. The number of aryl methyl sites for hydroxylation is 2. The van der Waals surface area contributed by atoms with Crippen LogP contribution in [-0.4, -0.2) is 25.4 Å². The molecule has 0 saturated carbocycles. The Morgan fingerprint density at radius 3 is 2.30 bits per heavy atom. The third-order valence-electron chi connectivity index (χ3n) is 3.29. The van der Waals surface area contributed by atoms with Crippen molar-refractivity contribution in [2.24, 2.45) is 0 Å². The van der Waals surface area contributed by atoms with Crippen LogP contribution in [-0.2, 0) is 22.9 Å². The largest absolute Gasteiger partial charge is 0.332 e. The highest BCUT2D eigenvalue weighted by Gasteiger charge is 2.23. The van der Waals surface area contributed by atoms with Gasteiger partial charge in [0.05, 0.1) is 11.9 Å². The topological polar surface area (TPSA) is 66.1 Å². The van der Waals surface area contributed by atoms with Gasteiger partial charge in [0.1, 0.15) is 5.82 Å². The molecule has 0 amide bonds. The number of sulfonamides is 1. The normalized spacial score (nSPS) is 11.6. The summed E-state index contributed by atoms with van der Waals surface area (Å²) < 4.78 is 26.2. The molecule has 0 saturated heterocycles. The van der Waals surface area contributed by atoms with Gasteiger partial charge in [0, 0.05) is 13.5 Å². The van der Waals surface area contributed by atoms with Crippen molar-refractivity contribution >= 4 is 15.7 Å². The Morgan fingerprint density at radius 1 is 1.15 bits per heavy atom. The molecule has 0 aliphatic rings. The summed E-state index contributed by atoms with van der Waals surface area (Å²) in [4.78, 5) is 6.88. The second-order valence-corrected chi connectivity index (χ2v) is 6.48. The number of aromatic nitrogens is 2. The van der Waals surface area contributed by atoms with Crippen molar-refractivity contribution in [2.75, 3.05) is 11.4 Å². The number of hydrogen-bond acceptors (Lipinski definition) is 3. The molecule has 0 spiro atoms. The van der Waals surface area contributed by atoms with Gasteiger partial charge >= 0.3 is 0 Å². The molecule has 2 aromatic rings. The Labute approximate surface area is 119 Å². The van der Waals surface area contributed by atoms with Crippen molar-refractivity contribution in [1.82, 2.24) is 9.97 Å². The molecule has 5 nitrogen and oxygen atoms in total. The predicted octanol–water partition coefficient (Wildman–Crippen LogP) is 2.36. The minimum atomic E-state index is -3.59. The quantitative estimate of drug-likeness (QED) is 0.920. The second-order valence-electron chi connectivity index (χ2n) is 4.54. The number of H-pyrrole nitrogens is 1. The molecule has 0 unspecified atom stereocenters. The molecular weight excluding hydrogens is 274 g/mol. The average Bonchev–Trinajstić information content (AvgIpc) is 2.96. The van der Waals surface area contributed by atoms with Crippen LogP contribution in [0.4, 0.5) is 5.69 Å². The summed E-state index contributed by atoms with van der Waals surface area (Å²) in [5.74, 6) is 0.665. The van der Waals surface area contributed by atoms with Crippen molar-refractivity contribution in [2.45, 2.75) is 31.7 Å². The summed E-state index contributed by atoms with van der Waals surface area (Å²) >= 11 is 0. The van der Waals surface area contributed by atoms with Crippen molar-refractivity contribution in [3.63, 3.8) is 0 Å². The van der Waals surface area contributed by atoms with Crippen LogP contribution in [0.15, 0.2) is 35.5 Å². The van der Waals surface area contributed by atoms with Crippen LogP contribution in [0.1, 0.15) is 25.2 Å². The van der Waals surface area contributed by atoms with Gasteiger partial charge in [0.2, 0.25) is 0 Å². The molecule has 0 fully saturated rings. The maximum absolute atomic E-state index is 12.5. The minimum Gasteiger partial charge on any atom is -0.332 e. The van der Waals surface area contributed by atoms with E-state index in [0.29, 0.717) is 17.9 Å². The van der Waals surface area contributed by atoms with Crippen molar-refractivity contribution in [3.05, 3.63) is 41.9 Å². The van der Waals surface area contributed by atoms with E-state index in [2.05, 4.69) is 16.9 Å². The molecule has 108 valence electrons. The molecule has 1 N–H and O–H groups in total. The highest BCUT2D eigenvalue weighted by Crippen LogP contribution is 2.21. The van der Waals surface area contributed by atoms with Gasteiger partial charge in [-0.15, -0.1) is 0 Å². The van der Waals surface area contributed by atoms with E-state index in [0.717, 1.165) is 6.42 Å². The number of imidazole rings is 1. The van der Waals surface area contributed by atoms with Crippen LogP contribution < -0.4 is 4.31 Å². The summed E-state index contributed by atoms with van der Waals surface area (Å²) in [5, 5.41) is 0.122. The van der Waals surface area contributed by atoms with Crippen LogP contribution in [0.3, 0.4) is 0 Å².